The lowest BCUT2D eigenvalue weighted by molar-refractivity contribution is -0.147. The van der Waals surface area contributed by atoms with Crippen molar-refractivity contribution in [1.29, 1.82) is 0 Å². The number of likely N-dealkylation sites (tertiary alicyclic amines) is 2. The Labute approximate surface area is 163 Å². The van der Waals surface area contributed by atoms with Gasteiger partial charge in [-0.2, -0.15) is 4.98 Å². The van der Waals surface area contributed by atoms with Gasteiger partial charge in [0.1, 0.15) is 6.04 Å². The maximum Gasteiger partial charge on any atom is 0.326 e. The standard InChI is InChI=1S/C20H24N4O4/c1-14(25)24-13-20(11-16(24)19(26)27)7-9-23(10-8-20)12-17-21-18(28-22-17)15-5-3-2-4-6-15/h2-6,16H,7-13H2,1H3,(H,26,27). The third-order valence-electron chi connectivity index (χ3n) is 5.97. The van der Waals surface area contributed by atoms with Gasteiger partial charge in [-0.25, -0.2) is 4.79 Å². The fourth-order valence-corrected chi connectivity index (χ4v) is 4.37. The number of nitrogens with zero attached hydrogens (tertiary/aromatic N) is 4. The smallest absolute Gasteiger partial charge is 0.326 e. The van der Waals surface area contributed by atoms with Gasteiger partial charge in [0, 0.05) is 19.0 Å². The molecule has 8 heteroatoms. The number of rotatable bonds is 4. The molecule has 0 aliphatic carbocycles. The van der Waals surface area contributed by atoms with E-state index in [1.807, 2.05) is 30.3 Å². The zero-order valence-corrected chi connectivity index (χ0v) is 15.9. The fraction of sp³-hybridized carbons (Fsp3) is 0.500. The largest absolute Gasteiger partial charge is 0.480 e. The van der Waals surface area contributed by atoms with Crippen molar-refractivity contribution < 1.29 is 19.2 Å². The second kappa shape index (κ2) is 7.35. The van der Waals surface area contributed by atoms with Crippen LogP contribution in [0.25, 0.3) is 11.5 Å². The second-order valence-electron chi connectivity index (χ2n) is 7.86. The average molecular weight is 384 g/mol. The van der Waals surface area contributed by atoms with E-state index >= 15 is 0 Å². The Morgan fingerprint density at radius 3 is 2.57 bits per heavy atom. The van der Waals surface area contributed by atoms with Crippen LogP contribution >= 0.6 is 0 Å². The second-order valence-corrected chi connectivity index (χ2v) is 7.86. The van der Waals surface area contributed by atoms with E-state index in [2.05, 4.69) is 15.0 Å². The Hall–Kier alpha value is -2.74. The van der Waals surface area contributed by atoms with Crippen molar-refractivity contribution in [2.24, 2.45) is 5.41 Å². The molecule has 1 unspecified atom stereocenters. The molecule has 2 saturated heterocycles. The van der Waals surface area contributed by atoms with Crippen LogP contribution in [0.15, 0.2) is 34.9 Å². The van der Waals surface area contributed by atoms with Crippen molar-refractivity contribution in [3.05, 3.63) is 36.2 Å². The number of hydrogen-bond donors (Lipinski definition) is 1. The number of amides is 1. The molecule has 1 atom stereocenters. The number of benzene rings is 1. The van der Waals surface area contributed by atoms with Crippen molar-refractivity contribution in [3.8, 4) is 11.5 Å². The maximum atomic E-state index is 11.8. The van der Waals surface area contributed by atoms with Crippen molar-refractivity contribution in [2.75, 3.05) is 19.6 Å². The normalized spacial score (nSPS) is 21.9. The van der Waals surface area contributed by atoms with Gasteiger partial charge in [-0.3, -0.25) is 9.69 Å². The first-order valence-electron chi connectivity index (χ1n) is 9.56. The zero-order valence-electron chi connectivity index (χ0n) is 15.9. The predicted molar refractivity (Wildman–Crippen MR) is 100 cm³/mol. The molecule has 4 rings (SSSR count). The van der Waals surface area contributed by atoms with Crippen LogP contribution in [0.3, 0.4) is 0 Å². The van der Waals surface area contributed by atoms with Gasteiger partial charge in [0.2, 0.25) is 5.91 Å². The number of aromatic nitrogens is 2. The third-order valence-corrected chi connectivity index (χ3v) is 5.97. The van der Waals surface area contributed by atoms with Crippen molar-refractivity contribution >= 4 is 11.9 Å². The maximum absolute atomic E-state index is 11.8. The number of carbonyl (C=O) groups excluding carboxylic acids is 1. The lowest BCUT2D eigenvalue weighted by atomic mass is 9.76. The molecule has 28 heavy (non-hydrogen) atoms. The van der Waals surface area contributed by atoms with E-state index in [9.17, 15) is 14.7 Å². The average Bonchev–Trinajstić information content (AvgIpc) is 3.30. The van der Waals surface area contributed by atoms with E-state index in [1.165, 1.54) is 11.8 Å². The predicted octanol–water partition coefficient (Wildman–Crippen LogP) is 2.02. The third kappa shape index (κ3) is 3.64. The molecular weight excluding hydrogens is 360 g/mol. The number of hydrogen-bond acceptors (Lipinski definition) is 6. The first kappa shape index (κ1) is 18.6. The molecule has 1 aromatic carbocycles. The molecule has 0 radical (unpaired) electrons. The van der Waals surface area contributed by atoms with Crippen LogP contribution in [0, 0.1) is 5.41 Å². The van der Waals surface area contributed by atoms with Crippen molar-refractivity contribution in [3.63, 3.8) is 0 Å². The highest BCUT2D eigenvalue weighted by molar-refractivity contribution is 5.83. The minimum atomic E-state index is -0.908. The van der Waals surface area contributed by atoms with Gasteiger partial charge in [0.05, 0.1) is 6.54 Å². The minimum Gasteiger partial charge on any atom is -0.480 e. The zero-order chi connectivity index (χ0) is 19.7. The van der Waals surface area contributed by atoms with E-state index in [1.54, 1.807) is 0 Å². The Kier molecular flexibility index (Phi) is 4.89. The van der Waals surface area contributed by atoms with Gasteiger partial charge >= 0.3 is 5.97 Å². The Balaban J connectivity index is 1.37. The van der Waals surface area contributed by atoms with Gasteiger partial charge < -0.3 is 14.5 Å². The summed E-state index contributed by atoms with van der Waals surface area (Å²) in [5, 5.41) is 13.5. The molecule has 3 heterocycles. The number of aliphatic carboxylic acids is 1. The van der Waals surface area contributed by atoms with Gasteiger partial charge in [-0.05, 0) is 49.9 Å². The number of carbonyl (C=O) groups is 2. The monoisotopic (exact) mass is 384 g/mol. The Morgan fingerprint density at radius 2 is 1.96 bits per heavy atom. The number of piperidine rings is 1. The summed E-state index contributed by atoms with van der Waals surface area (Å²) in [6.07, 6.45) is 2.27. The first-order valence-corrected chi connectivity index (χ1v) is 9.56. The summed E-state index contributed by atoms with van der Waals surface area (Å²) in [4.78, 5) is 31.6. The molecule has 2 aromatic rings. The lowest BCUT2D eigenvalue weighted by Gasteiger charge is -2.38. The van der Waals surface area contributed by atoms with E-state index in [0.29, 0.717) is 31.2 Å². The highest BCUT2D eigenvalue weighted by Gasteiger charge is 2.49. The summed E-state index contributed by atoms with van der Waals surface area (Å²) < 4.78 is 5.37. The molecular formula is C20H24N4O4. The van der Waals surface area contributed by atoms with Gasteiger partial charge in [0.15, 0.2) is 5.82 Å². The van der Waals surface area contributed by atoms with Crippen molar-refractivity contribution in [2.45, 2.75) is 38.8 Å². The van der Waals surface area contributed by atoms with Crippen LogP contribution in [0.1, 0.15) is 32.0 Å². The molecule has 2 fully saturated rings. The highest BCUT2D eigenvalue weighted by atomic mass is 16.5. The lowest BCUT2D eigenvalue weighted by Crippen LogP contribution is -2.42. The Bertz CT molecular complexity index is 834. The van der Waals surface area contributed by atoms with E-state index in [4.69, 9.17) is 4.52 Å². The van der Waals surface area contributed by atoms with E-state index in [0.717, 1.165) is 31.5 Å². The summed E-state index contributed by atoms with van der Waals surface area (Å²) in [6, 6.07) is 8.97. The van der Waals surface area contributed by atoms with Gasteiger partial charge in [0.25, 0.3) is 5.89 Å². The molecule has 2 aliphatic heterocycles. The molecule has 1 aromatic heterocycles. The molecule has 8 nitrogen and oxygen atoms in total. The van der Waals surface area contributed by atoms with Crippen molar-refractivity contribution in [1.82, 2.24) is 19.9 Å². The van der Waals surface area contributed by atoms with E-state index < -0.39 is 12.0 Å². The van der Waals surface area contributed by atoms with Crippen LogP contribution in [0.2, 0.25) is 0 Å². The molecule has 0 saturated carbocycles. The van der Waals surface area contributed by atoms with E-state index in [-0.39, 0.29) is 11.3 Å². The SMILES string of the molecule is CC(=O)N1CC2(CCN(Cc3noc(-c4ccccc4)n3)CC2)CC1C(=O)O. The van der Waals surface area contributed by atoms with Crippen LogP contribution in [0.4, 0.5) is 0 Å². The summed E-state index contributed by atoms with van der Waals surface area (Å²) in [7, 11) is 0. The number of carboxylic acid groups (broad SMARTS) is 1. The molecule has 1 amide bonds. The topological polar surface area (TPSA) is 99.8 Å². The molecule has 0 bridgehead atoms. The quantitative estimate of drug-likeness (QED) is 0.861. The minimum absolute atomic E-state index is 0.0995. The Morgan fingerprint density at radius 1 is 1.25 bits per heavy atom. The molecule has 2 aliphatic rings. The molecule has 1 spiro atoms. The summed E-state index contributed by atoms with van der Waals surface area (Å²) in [6.45, 7) is 4.24. The van der Waals surface area contributed by atoms with Crippen LogP contribution < -0.4 is 0 Å². The van der Waals surface area contributed by atoms with Gasteiger partial charge in [-0.15, -0.1) is 0 Å². The van der Waals surface area contributed by atoms with Crippen LogP contribution in [-0.4, -0.2) is 62.6 Å². The van der Waals surface area contributed by atoms with Gasteiger partial charge in [-0.1, -0.05) is 23.4 Å². The fourth-order valence-electron chi connectivity index (χ4n) is 4.37. The summed E-state index contributed by atoms with van der Waals surface area (Å²) in [5.41, 5.74) is 0.798. The first-order chi connectivity index (χ1) is 13.5. The summed E-state index contributed by atoms with van der Waals surface area (Å²) >= 11 is 0. The summed E-state index contributed by atoms with van der Waals surface area (Å²) in [5.74, 6) is 0.0953. The molecule has 148 valence electrons. The van der Waals surface area contributed by atoms with Crippen LogP contribution in [-0.2, 0) is 16.1 Å². The highest BCUT2D eigenvalue weighted by Crippen LogP contribution is 2.43. The van der Waals surface area contributed by atoms with Crippen LogP contribution in [0.5, 0.6) is 0 Å². The number of carboxylic acids is 1. The molecule has 1 N–H and O–H groups in total.